The van der Waals surface area contributed by atoms with Crippen molar-refractivity contribution in [3.8, 4) is 0 Å². The summed E-state index contributed by atoms with van der Waals surface area (Å²) in [7, 11) is -3.22. The number of hydrogen-bond acceptors (Lipinski definition) is 4. The van der Waals surface area contributed by atoms with E-state index in [9.17, 15) is 13.2 Å². The Labute approximate surface area is 151 Å². The van der Waals surface area contributed by atoms with E-state index in [1.807, 2.05) is 18.2 Å². The molecule has 0 bridgehead atoms. The molecule has 1 aliphatic heterocycles. The molecule has 0 fully saturated rings. The third-order valence-electron chi connectivity index (χ3n) is 4.17. The zero-order valence-electron chi connectivity index (χ0n) is 13.8. The third kappa shape index (κ3) is 4.02. The summed E-state index contributed by atoms with van der Waals surface area (Å²) < 4.78 is 27.1. The molecule has 9 heteroatoms. The lowest BCUT2D eigenvalue weighted by molar-refractivity contribution is -0.116. The van der Waals surface area contributed by atoms with Crippen molar-refractivity contribution >= 4 is 33.2 Å². The first-order chi connectivity index (χ1) is 11.9. The summed E-state index contributed by atoms with van der Waals surface area (Å²) in [6.07, 6.45) is 3.62. The van der Waals surface area contributed by atoms with E-state index in [2.05, 4.69) is 10.4 Å². The van der Waals surface area contributed by atoms with E-state index in [1.54, 1.807) is 13.1 Å². The number of halogens is 1. The summed E-state index contributed by atoms with van der Waals surface area (Å²) in [6, 6.07) is 5.55. The maximum Gasteiger partial charge on any atom is 0.246 e. The molecule has 1 aromatic carbocycles. The van der Waals surface area contributed by atoms with Crippen molar-refractivity contribution in [1.29, 1.82) is 0 Å². The Morgan fingerprint density at radius 2 is 2.20 bits per heavy atom. The van der Waals surface area contributed by atoms with Crippen molar-refractivity contribution in [2.45, 2.75) is 26.4 Å². The Bertz CT molecular complexity index is 895. The highest BCUT2D eigenvalue weighted by Crippen LogP contribution is 2.27. The number of fused-ring (bicyclic) bond motifs is 1. The molecule has 2 aromatic rings. The second kappa shape index (κ2) is 7.15. The smallest absolute Gasteiger partial charge is 0.246 e. The number of carbonyl (C=O) groups is 1. The van der Waals surface area contributed by atoms with Gasteiger partial charge in [-0.15, -0.1) is 0 Å². The number of amides is 1. The lowest BCUT2D eigenvalue weighted by Gasteiger charge is -2.29. The molecule has 0 atom stereocenters. The molecule has 134 valence electrons. The number of nitrogens with zero attached hydrogens (tertiary/aromatic N) is 3. The highest BCUT2D eigenvalue weighted by molar-refractivity contribution is 7.89. The minimum absolute atomic E-state index is 0.0622. The van der Waals surface area contributed by atoms with Crippen LogP contribution >= 0.6 is 11.6 Å². The van der Waals surface area contributed by atoms with Gasteiger partial charge in [-0.3, -0.25) is 9.48 Å². The van der Waals surface area contributed by atoms with Gasteiger partial charge in [-0.1, -0.05) is 23.7 Å². The van der Waals surface area contributed by atoms with Crippen LogP contribution in [-0.4, -0.2) is 40.7 Å². The van der Waals surface area contributed by atoms with Crippen LogP contribution in [0.1, 0.15) is 18.1 Å². The van der Waals surface area contributed by atoms with Crippen molar-refractivity contribution in [2.24, 2.45) is 0 Å². The lowest BCUT2D eigenvalue weighted by atomic mass is 9.99. The second-order valence-electron chi connectivity index (χ2n) is 5.83. The van der Waals surface area contributed by atoms with Crippen molar-refractivity contribution < 1.29 is 13.2 Å². The molecule has 1 N–H and O–H groups in total. The Kier molecular flexibility index (Phi) is 5.12. The zero-order chi connectivity index (χ0) is 18.0. The quantitative estimate of drug-likeness (QED) is 0.855. The van der Waals surface area contributed by atoms with Gasteiger partial charge in [-0.25, -0.2) is 8.42 Å². The molecular formula is C16H19ClN4O3S. The van der Waals surface area contributed by atoms with E-state index in [0.29, 0.717) is 30.2 Å². The number of rotatable bonds is 5. The number of benzene rings is 1. The first-order valence-corrected chi connectivity index (χ1v) is 9.94. The van der Waals surface area contributed by atoms with Crippen LogP contribution in [0.3, 0.4) is 0 Å². The monoisotopic (exact) mass is 382 g/mol. The molecule has 1 aliphatic rings. The molecule has 0 aliphatic carbocycles. The summed E-state index contributed by atoms with van der Waals surface area (Å²) in [4.78, 5) is 12.2. The summed E-state index contributed by atoms with van der Waals surface area (Å²) in [5.41, 5.74) is 2.62. The SMILES string of the molecule is CCS(=O)(=O)N1CCc2c(cccc2NC(=O)Cn2cc(Cl)cn2)C1. The Balaban J connectivity index is 1.74. The van der Waals surface area contributed by atoms with E-state index >= 15 is 0 Å². The van der Waals surface area contributed by atoms with Crippen LogP contribution < -0.4 is 5.32 Å². The Hall–Kier alpha value is -1.90. The van der Waals surface area contributed by atoms with Crippen molar-refractivity contribution in [3.05, 3.63) is 46.7 Å². The van der Waals surface area contributed by atoms with Gasteiger partial charge in [0.25, 0.3) is 0 Å². The first kappa shape index (κ1) is 17.9. The number of hydrogen-bond donors (Lipinski definition) is 1. The molecule has 0 saturated heterocycles. The molecule has 0 unspecified atom stereocenters. The predicted octanol–water partition coefficient (Wildman–Crippen LogP) is 1.88. The number of aromatic nitrogens is 2. The normalized spacial score (nSPS) is 15.0. The van der Waals surface area contributed by atoms with E-state index < -0.39 is 10.0 Å². The molecule has 2 heterocycles. The Morgan fingerprint density at radius 3 is 2.88 bits per heavy atom. The first-order valence-electron chi connectivity index (χ1n) is 7.95. The van der Waals surface area contributed by atoms with Gasteiger partial charge in [0.2, 0.25) is 15.9 Å². The lowest BCUT2D eigenvalue weighted by Crippen LogP contribution is -2.37. The van der Waals surface area contributed by atoms with Crippen LogP contribution in [-0.2, 0) is 34.3 Å². The minimum atomic E-state index is -3.22. The average Bonchev–Trinajstić information content (AvgIpc) is 2.99. The van der Waals surface area contributed by atoms with E-state index in [4.69, 9.17) is 11.6 Å². The highest BCUT2D eigenvalue weighted by atomic mass is 35.5. The topological polar surface area (TPSA) is 84.3 Å². The van der Waals surface area contributed by atoms with Gasteiger partial charge >= 0.3 is 0 Å². The summed E-state index contributed by atoms with van der Waals surface area (Å²) in [5.74, 6) is -0.123. The molecule has 0 radical (unpaired) electrons. The molecular weight excluding hydrogens is 364 g/mol. The van der Waals surface area contributed by atoms with Crippen molar-refractivity contribution in [2.75, 3.05) is 17.6 Å². The van der Waals surface area contributed by atoms with Crippen molar-refractivity contribution in [3.63, 3.8) is 0 Å². The molecule has 25 heavy (non-hydrogen) atoms. The zero-order valence-corrected chi connectivity index (χ0v) is 15.3. The maximum absolute atomic E-state index is 12.2. The van der Waals surface area contributed by atoms with Gasteiger partial charge in [0.15, 0.2) is 0 Å². The van der Waals surface area contributed by atoms with Crippen LogP contribution in [0.4, 0.5) is 5.69 Å². The van der Waals surface area contributed by atoms with Crippen molar-refractivity contribution in [1.82, 2.24) is 14.1 Å². The highest BCUT2D eigenvalue weighted by Gasteiger charge is 2.26. The molecule has 1 amide bonds. The fourth-order valence-electron chi connectivity index (χ4n) is 2.88. The van der Waals surface area contributed by atoms with Gasteiger partial charge in [0, 0.05) is 25.0 Å². The minimum Gasteiger partial charge on any atom is -0.324 e. The fraction of sp³-hybridized carbons (Fsp3) is 0.375. The summed E-state index contributed by atoms with van der Waals surface area (Å²) >= 11 is 5.79. The van der Waals surface area contributed by atoms with E-state index in [0.717, 1.165) is 11.1 Å². The molecule has 0 spiro atoms. The van der Waals surface area contributed by atoms with Gasteiger partial charge in [-0.2, -0.15) is 9.40 Å². The largest absolute Gasteiger partial charge is 0.324 e. The van der Waals surface area contributed by atoms with Crippen LogP contribution in [0.2, 0.25) is 5.02 Å². The summed E-state index contributed by atoms with van der Waals surface area (Å²) in [6.45, 7) is 2.46. The predicted molar refractivity (Wildman–Crippen MR) is 95.9 cm³/mol. The number of nitrogens with one attached hydrogen (secondary N) is 1. The van der Waals surface area contributed by atoms with E-state index in [-0.39, 0.29) is 18.2 Å². The van der Waals surface area contributed by atoms with Crippen LogP contribution in [0, 0.1) is 0 Å². The molecule has 3 rings (SSSR count). The van der Waals surface area contributed by atoms with Crippen LogP contribution in [0.25, 0.3) is 0 Å². The second-order valence-corrected chi connectivity index (χ2v) is 8.53. The standard InChI is InChI=1S/C16H19ClN4O3S/c1-2-25(23,24)21-7-6-14-12(9-21)4-3-5-15(14)19-16(22)11-20-10-13(17)8-18-20/h3-5,8,10H,2,6-7,9,11H2,1H3,(H,19,22). The molecule has 7 nitrogen and oxygen atoms in total. The third-order valence-corrected chi connectivity index (χ3v) is 6.19. The number of carbonyl (C=O) groups excluding carboxylic acids is 1. The van der Waals surface area contributed by atoms with Gasteiger partial charge in [-0.05, 0) is 30.5 Å². The number of sulfonamides is 1. The van der Waals surface area contributed by atoms with Crippen LogP contribution in [0.15, 0.2) is 30.6 Å². The molecule has 0 saturated carbocycles. The van der Waals surface area contributed by atoms with Crippen LogP contribution in [0.5, 0.6) is 0 Å². The van der Waals surface area contributed by atoms with Gasteiger partial charge < -0.3 is 5.32 Å². The van der Waals surface area contributed by atoms with E-state index in [1.165, 1.54) is 15.2 Å². The maximum atomic E-state index is 12.2. The number of anilines is 1. The van der Waals surface area contributed by atoms with Gasteiger partial charge in [0.05, 0.1) is 17.0 Å². The Morgan fingerprint density at radius 1 is 1.40 bits per heavy atom. The summed E-state index contributed by atoms with van der Waals surface area (Å²) in [5, 5.41) is 7.34. The van der Waals surface area contributed by atoms with Gasteiger partial charge in [0.1, 0.15) is 6.54 Å². The fourth-order valence-corrected chi connectivity index (χ4v) is 4.11. The molecule has 1 aromatic heterocycles. The average molecular weight is 383 g/mol.